The molecule has 1 aliphatic rings. The predicted molar refractivity (Wildman–Crippen MR) is 94.2 cm³/mol. The lowest BCUT2D eigenvalue weighted by Crippen LogP contribution is -2.54. The minimum atomic E-state index is -0.517. The number of para-hydroxylation sites is 2. The fraction of sp³-hybridized carbons (Fsp3) is 0.529. The lowest BCUT2D eigenvalue weighted by atomic mass is 10.1. The molecular weight excluding hydrogens is 324 g/mol. The summed E-state index contributed by atoms with van der Waals surface area (Å²) in [6.07, 6.45) is 0. The van der Waals surface area contributed by atoms with E-state index in [1.165, 1.54) is 12.1 Å². The average molecular weight is 348 g/mol. The summed E-state index contributed by atoms with van der Waals surface area (Å²) in [5, 5.41) is 13.7. The number of nitro groups is 1. The Bertz CT molecular complexity index is 654. The highest BCUT2D eigenvalue weighted by Crippen LogP contribution is 2.23. The van der Waals surface area contributed by atoms with Gasteiger partial charge in [0, 0.05) is 38.2 Å². The predicted octanol–water partition coefficient (Wildman–Crippen LogP) is 1.72. The van der Waals surface area contributed by atoms with Crippen LogP contribution in [-0.2, 0) is 9.59 Å². The summed E-state index contributed by atoms with van der Waals surface area (Å²) in [5.74, 6) is -0.208. The van der Waals surface area contributed by atoms with Gasteiger partial charge in [-0.2, -0.15) is 0 Å². The number of benzene rings is 1. The van der Waals surface area contributed by atoms with Gasteiger partial charge in [-0.25, -0.2) is 0 Å². The molecule has 8 nitrogen and oxygen atoms in total. The monoisotopic (exact) mass is 348 g/mol. The molecule has 1 unspecified atom stereocenters. The number of piperazine rings is 1. The van der Waals surface area contributed by atoms with Gasteiger partial charge in [-0.05, 0) is 13.0 Å². The zero-order chi connectivity index (χ0) is 18.6. The molecule has 1 fully saturated rings. The summed E-state index contributed by atoms with van der Waals surface area (Å²) in [6.45, 7) is 7.88. The van der Waals surface area contributed by atoms with Gasteiger partial charge in [-0.15, -0.1) is 0 Å². The van der Waals surface area contributed by atoms with Crippen molar-refractivity contribution in [2.24, 2.45) is 5.92 Å². The summed E-state index contributed by atoms with van der Waals surface area (Å²) in [7, 11) is 0. The molecule has 136 valence electrons. The normalized spacial score (nSPS) is 16.6. The van der Waals surface area contributed by atoms with Crippen molar-refractivity contribution < 1.29 is 14.5 Å². The van der Waals surface area contributed by atoms with Crippen molar-refractivity contribution in [1.82, 2.24) is 9.80 Å². The first kappa shape index (κ1) is 18.9. The maximum Gasteiger partial charge on any atom is 0.292 e. The Balaban J connectivity index is 1.96. The number of carbonyl (C=O) groups is 2. The second-order valence-corrected chi connectivity index (χ2v) is 6.46. The van der Waals surface area contributed by atoms with E-state index < -0.39 is 11.0 Å². The van der Waals surface area contributed by atoms with Crippen LogP contribution in [0, 0.1) is 16.0 Å². The summed E-state index contributed by atoms with van der Waals surface area (Å²) in [4.78, 5) is 38.8. The maximum atomic E-state index is 12.5. The van der Waals surface area contributed by atoms with Crippen LogP contribution in [0.1, 0.15) is 20.8 Å². The molecule has 8 heteroatoms. The highest BCUT2D eigenvalue weighted by Gasteiger charge is 2.29. The summed E-state index contributed by atoms with van der Waals surface area (Å²) in [6, 6.07) is 5.64. The minimum Gasteiger partial charge on any atom is -0.340 e. The van der Waals surface area contributed by atoms with Gasteiger partial charge >= 0.3 is 0 Å². The molecule has 1 aromatic rings. The molecule has 1 atom stereocenters. The molecule has 25 heavy (non-hydrogen) atoms. The van der Waals surface area contributed by atoms with E-state index >= 15 is 0 Å². The molecule has 1 saturated heterocycles. The zero-order valence-corrected chi connectivity index (χ0v) is 14.8. The van der Waals surface area contributed by atoms with Gasteiger partial charge in [-0.3, -0.25) is 24.6 Å². The van der Waals surface area contributed by atoms with Gasteiger partial charge in [0.1, 0.15) is 5.69 Å². The lowest BCUT2D eigenvalue weighted by Gasteiger charge is -2.38. The Labute approximate surface area is 146 Å². The highest BCUT2D eigenvalue weighted by molar-refractivity contribution is 5.96. The molecule has 1 aliphatic heterocycles. The zero-order valence-electron chi connectivity index (χ0n) is 14.8. The molecule has 1 N–H and O–H groups in total. The molecule has 2 rings (SSSR count). The van der Waals surface area contributed by atoms with Gasteiger partial charge < -0.3 is 10.2 Å². The number of hydrogen-bond donors (Lipinski definition) is 1. The van der Waals surface area contributed by atoms with E-state index in [1.807, 2.05) is 23.6 Å². The fourth-order valence-electron chi connectivity index (χ4n) is 2.84. The first-order valence-corrected chi connectivity index (χ1v) is 8.38. The number of carbonyl (C=O) groups excluding carboxylic acids is 2. The van der Waals surface area contributed by atoms with Crippen molar-refractivity contribution >= 4 is 23.2 Å². The fourth-order valence-corrected chi connectivity index (χ4v) is 2.84. The molecule has 0 saturated carbocycles. The molecule has 0 aromatic heterocycles. The van der Waals surface area contributed by atoms with E-state index in [0.29, 0.717) is 26.2 Å². The quantitative estimate of drug-likeness (QED) is 0.646. The molecular formula is C17H24N4O4. The van der Waals surface area contributed by atoms with Gasteiger partial charge in [0.25, 0.3) is 5.69 Å². The summed E-state index contributed by atoms with van der Waals surface area (Å²) in [5.41, 5.74) is 0.0633. The summed E-state index contributed by atoms with van der Waals surface area (Å²) < 4.78 is 0. The number of hydrogen-bond acceptors (Lipinski definition) is 5. The van der Waals surface area contributed by atoms with Crippen LogP contribution in [0.5, 0.6) is 0 Å². The van der Waals surface area contributed by atoms with Crippen molar-refractivity contribution in [3.8, 4) is 0 Å². The number of amides is 2. The first-order chi connectivity index (χ1) is 11.8. The Morgan fingerprint density at radius 1 is 1.12 bits per heavy atom. The smallest absolute Gasteiger partial charge is 0.292 e. The second-order valence-electron chi connectivity index (χ2n) is 6.46. The Morgan fingerprint density at radius 3 is 2.28 bits per heavy atom. The third-order valence-corrected chi connectivity index (χ3v) is 4.41. The third kappa shape index (κ3) is 4.54. The van der Waals surface area contributed by atoms with Crippen molar-refractivity contribution in [1.29, 1.82) is 0 Å². The van der Waals surface area contributed by atoms with Gasteiger partial charge in [0.15, 0.2) is 0 Å². The Hall–Kier alpha value is -2.48. The van der Waals surface area contributed by atoms with Crippen LogP contribution in [0.15, 0.2) is 24.3 Å². The van der Waals surface area contributed by atoms with Crippen LogP contribution in [0.25, 0.3) is 0 Å². The first-order valence-electron chi connectivity index (χ1n) is 8.38. The van der Waals surface area contributed by atoms with Crippen LogP contribution < -0.4 is 5.32 Å². The van der Waals surface area contributed by atoms with E-state index in [1.54, 1.807) is 19.1 Å². The van der Waals surface area contributed by atoms with E-state index in [2.05, 4.69) is 5.32 Å². The topological polar surface area (TPSA) is 95.8 Å². The van der Waals surface area contributed by atoms with E-state index in [-0.39, 0.29) is 29.1 Å². The van der Waals surface area contributed by atoms with Crippen LogP contribution >= 0.6 is 0 Å². The Kier molecular flexibility index (Phi) is 6.08. The molecule has 0 spiro atoms. The van der Waals surface area contributed by atoms with Crippen LogP contribution in [0.4, 0.5) is 11.4 Å². The van der Waals surface area contributed by atoms with E-state index in [4.69, 9.17) is 0 Å². The van der Waals surface area contributed by atoms with Crippen molar-refractivity contribution in [2.75, 3.05) is 31.5 Å². The molecule has 1 heterocycles. The Morgan fingerprint density at radius 2 is 1.72 bits per heavy atom. The minimum absolute atomic E-state index is 0.0362. The van der Waals surface area contributed by atoms with Gasteiger partial charge in [-0.1, -0.05) is 26.0 Å². The van der Waals surface area contributed by atoms with Crippen LogP contribution in [0.2, 0.25) is 0 Å². The molecule has 2 amide bonds. The van der Waals surface area contributed by atoms with Crippen molar-refractivity contribution in [3.05, 3.63) is 34.4 Å². The molecule has 0 bridgehead atoms. The highest BCUT2D eigenvalue weighted by atomic mass is 16.6. The SMILES string of the molecule is CC(C)C(=O)N1CCN(C(C)C(=O)Nc2ccccc2[N+](=O)[O-])CC1. The lowest BCUT2D eigenvalue weighted by molar-refractivity contribution is -0.383. The maximum absolute atomic E-state index is 12.5. The van der Waals surface area contributed by atoms with E-state index in [0.717, 1.165) is 0 Å². The number of nitro benzene ring substituents is 1. The van der Waals surface area contributed by atoms with Crippen LogP contribution in [0.3, 0.4) is 0 Å². The molecule has 0 aliphatic carbocycles. The molecule has 1 aromatic carbocycles. The van der Waals surface area contributed by atoms with Crippen molar-refractivity contribution in [3.63, 3.8) is 0 Å². The third-order valence-electron chi connectivity index (χ3n) is 4.41. The van der Waals surface area contributed by atoms with E-state index in [9.17, 15) is 19.7 Å². The molecule has 0 radical (unpaired) electrons. The number of nitrogens with one attached hydrogen (secondary N) is 1. The van der Waals surface area contributed by atoms with Gasteiger partial charge in [0.2, 0.25) is 11.8 Å². The average Bonchev–Trinajstić information content (AvgIpc) is 2.60. The number of nitrogens with zero attached hydrogens (tertiary/aromatic N) is 3. The number of anilines is 1. The van der Waals surface area contributed by atoms with Crippen LogP contribution in [-0.4, -0.2) is 58.8 Å². The number of rotatable bonds is 5. The summed E-state index contributed by atoms with van der Waals surface area (Å²) >= 11 is 0. The van der Waals surface area contributed by atoms with Gasteiger partial charge in [0.05, 0.1) is 11.0 Å². The largest absolute Gasteiger partial charge is 0.340 e. The second kappa shape index (κ2) is 8.06. The van der Waals surface area contributed by atoms with Crippen molar-refractivity contribution in [2.45, 2.75) is 26.8 Å². The standard InChI is InChI=1S/C17H24N4O4/c1-12(2)17(23)20-10-8-19(9-11-20)13(3)16(22)18-14-6-4-5-7-15(14)21(24)25/h4-7,12-13H,8-11H2,1-3H3,(H,18,22).